The van der Waals surface area contributed by atoms with E-state index < -0.39 is 0 Å². The fourth-order valence-electron chi connectivity index (χ4n) is 2.02. The van der Waals surface area contributed by atoms with E-state index in [9.17, 15) is 4.79 Å². The first-order valence-corrected chi connectivity index (χ1v) is 8.13. The lowest BCUT2D eigenvalue weighted by Crippen LogP contribution is -2.36. The molecule has 2 rings (SSSR count). The van der Waals surface area contributed by atoms with Crippen LogP contribution in [0.15, 0.2) is 41.8 Å². The van der Waals surface area contributed by atoms with Gasteiger partial charge in [-0.25, -0.2) is 0 Å². The average molecular weight is 323 g/mol. The van der Waals surface area contributed by atoms with Gasteiger partial charge in [-0.2, -0.15) is 0 Å². The maximum atomic E-state index is 11.9. The minimum atomic E-state index is -0.00304. The molecule has 112 valence electrons. The number of nitrogens with one attached hydrogen (secondary N) is 2. The number of carbonyl (C=O) groups is 1. The Bertz CT molecular complexity index is 568. The van der Waals surface area contributed by atoms with E-state index in [-0.39, 0.29) is 18.0 Å². The molecule has 0 spiro atoms. The van der Waals surface area contributed by atoms with Crippen LogP contribution in [-0.4, -0.2) is 12.5 Å². The first-order valence-electron chi connectivity index (χ1n) is 6.88. The summed E-state index contributed by atoms with van der Waals surface area (Å²) in [6.45, 7) is 4.31. The SMILES string of the molecule is C[C@H](NCC(=O)N[C@@H](C)c1cccs1)c1ccc(Cl)cc1. The summed E-state index contributed by atoms with van der Waals surface area (Å²) in [6.07, 6.45) is 0. The van der Waals surface area contributed by atoms with E-state index in [4.69, 9.17) is 11.6 Å². The summed E-state index contributed by atoms with van der Waals surface area (Å²) in [4.78, 5) is 13.1. The summed E-state index contributed by atoms with van der Waals surface area (Å²) in [7, 11) is 0. The molecule has 0 aliphatic rings. The Morgan fingerprint density at radius 1 is 1.19 bits per heavy atom. The maximum Gasteiger partial charge on any atom is 0.234 e. The quantitative estimate of drug-likeness (QED) is 0.846. The van der Waals surface area contributed by atoms with E-state index in [0.717, 1.165) is 10.4 Å². The molecule has 0 saturated heterocycles. The molecular formula is C16H19ClN2OS. The van der Waals surface area contributed by atoms with Crippen LogP contribution in [0.1, 0.15) is 36.4 Å². The average Bonchev–Trinajstić information content (AvgIpc) is 3.00. The van der Waals surface area contributed by atoms with Crippen molar-refractivity contribution in [2.24, 2.45) is 0 Å². The minimum Gasteiger partial charge on any atom is -0.348 e. The van der Waals surface area contributed by atoms with Gasteiger partial charge in [-0.15, -0.1) is 11.3 Å². The van der Waals surface area contributed by atoms with Gasteiger partial charge in [0.15, 0.2) is 0 Å². The third-order valence-electron chi connectivity index (χ3n) is 3.29. The van der Waals surface area contributed by atoms with Gasteiger partial charge < -0.3 is 10.6 Å². The summed E-state index contributed by atoms with van der Waals surface area (Å²) in [6, 6.07) is 11.8. The number of rotatable bonds is 6. The first kappa shape index (κ1) is 16.0. The van der Waals surface area contributed by atoms with Crippen LogP contribution in [0.2, 0.25) is 5.02 Å². The third-order valence-corrected chi connectivity index (χ3v) is 4.59. The molecule has 0 aliphatic carbocycles. The first-order chi connectivity index (χ1) is 10.1. The molecule has 0 aliphatic heterocycles. The van der Waals surface area contributed by atoms with Gasteiger partial charge in [0.2, 0.25) is 5.91 Å². The second kappa shape index (κ2) is 7.59. The van der Waals surface area contributed by atoms with Crippen LogP contribution in [0.25, 0.3) is 0 Å². The molecule has 5 heteroatoms. The monoisotopic (exact) mass is 322 g/mol. The van der Waals surface area contributed by atoms with Gasteiger partial charge >= 0.3 is 0 Å². The zero-order chi connectivity index (χ0) is 15.2. The van der Waals surface area contributed by atoms with E-state index in [1.54, 1.807) is 11.3 Å². The Kier molecular flexibility index (Phi) is 5.79. The van der Waals surface area contributed by atoms with Crippen LogP contribution in [0.5, 0.6) is 0 Å². The number of carbonyl (C=O) groups excluding carboxylic acids is 1. The second-order valence-electron chi connectivity index (χ2n) is 4.96. The van der Waals surface area contributed by atoms with Gasteiger partial charge in [-0.3, -0.25) is 4.79 Å². The third kappa shape index (κ3) is 4.84. The summed E-state index contributed by atoms with van der Waals surface area (Å²) in [5.41, 5.74) is 1.11. The zero-order valence-corrected chi connectivity index (χ0v) is 13.7. The van der Waals surface area contributed by atoms with Crippen molar-refractivity contribution in [1.82, 2.24) is 10.6 Å². The Labute approximate surface area is 134 Å². The number of thiophene rings is 1. The second-order valence-corrected chi connectivity index (χ2v) is 6.37. The molecule has 0 fully saturated rings. The molecule has 1 heterocycles. The molecule has 0 saturated carbocycles. The maximum absolute atomic E-state index is 11.9. The normalized spacial score (nSPS) is 13.7. The molecule has 0 bridgehead atoms. The lowest BCUT2D eigenvalue weighted by atomic mass is 10.1. The molecule has 21 heavy (non-hydrogen) atoms. The molecule has 1 amide bonds. The van der Waals surface area contributed by atoms with Crippen LogP contribution in [0.4, 0.5) is 0 Å². The lowest BCUT2D eigenvalue weighted by Gasteiger charge is -2.16. The van der Waals surface area contributed by atoms with Gasteiger partial charge in [0.1, 0.15) is 0 Å². The molecule has 2 N–H and O–H groups in total. The van der Waals surface area contributed by atoms with Gasteiger partial charge in [0.25, 0.3) is 0 Å². The smallest absolute Gasteiger partial charge is 0.234 e. The van der Waals surface area contributed by atoms with Gasteiger partial charge in [0.05, 0.1) is 12.6 Å². The van der Waals surface area contributed by atoms with Crippen LogP contribution in [0, 0.1) is 0 Å². The number of hydrogen-bond donors (Lipinski definition) is 2. The zero-order valence-electron chi connectivity index (χ0n) is 12.1. The number of amides is 1. The Morgan fingerprint density at radius 2 is 1.90 bits per heavy atom. The van der Waals surface area contributed by atoms with Crippen molar-refractivity contribution in [2.75, 3.05) is 6.54 Å². The summed E-state index contributed by atoms with van der Waals surface area (Å²) < 4.78 is 0. The highest BCUT2D eigenvalue weighted by Gasteiger charge is 2.11. The van der Waals surface area contributed by atoms with Crippen molar-refractivity contribution in [3.05, 3.63) is 57.2 Å². The van der Waals surface area contributed by atoms with E-state index in [1.165, 1.54) is 0 Å². The van der Waals surface area contributed by atoms with E-state index >= 15 is 0 Å². The highest BCUT2D eigenvalue weighted by atomic mass is 35.5. The van der Waals surface area contributed by atoms with Crippen molar-refractivity contribution in [1.29, 1.82) is 0 Å². The van der Waals surface area contributed by atoms with E-state index in [2.05, 4.69) is 10.6 Å². The van der Waals surface area contributed by atoms with Crippen molar-refractivity contribution >= 4 is 28.8 Å². The Morgan fingerprint density at radius 3 is 2.52 bits per heavy atom. The van der Waals surface area contributed by atoms with Crippen LogP contribution in [-0.2, 0) is 4.79 Å². The molecule has 1 aromatic carbocycles. The topological polar surface area (TPSA) is 41.1 Å². The standard InChI is InChI=1S/C16H19ClN2OS/c1-11(13-5-7-14(17)8-6-13)18-10-16(20)19-12(2)15-4-3-9-21-15/h3-9,11-12,18H,10H2,1-2H3,(H,19,20)/t11-,12-/m0/s1. The van der Waals surface area contributed by atoms with E-state index in [0.29, 0.717) is 11.6 Å². The Hall–Kier alpha value is -1.36. The number of halogens is 1. The molecule has 0 unspecified atom stereocenters. The van der Waals surface area contributed by atoms with E-state index in [1.807, 2.05) is 55.6 Å². The molecule has 2 aromatic rings. The fraction of sp³-hybridized carbons (Fsp3) is 0.312. The highest BCUT2D eigenvalue weighted by molar-refractivity contribution is 7.10. The van der Waals surface area contributed by atoms with Gasteiger partial charge in [-0.05, 0) is 43.0 Å². The highest BCUT2D eigenvalue weighted by Crippen LogP contribution is 2.18. The van der Waals surface area contributed by atoms with Crippen LogP contribution >= 0.6 is 22.9 Å². The summed E-state index contributed by atoms with van der Waals surface area (Å²) in [5, 5.41) is 8.93. The van der Waals surface area contributed by atoms with Gasteiger partial charge in [-0.1, -0.05) is 29.8 Å². The molecule has 2 atom stereocenters. The van der Waals surface area contributed by atoms with Gasteiger partial charge in [0, 0.05) is 15.9 Å². The van der Waals surface area contributed by atoms with Crippen molar-refractivity contribution in [3.63, 3.8) is 0 Å². The lowest BCUT2D eigenvalue weighted by molar-refractivity contribution is -0.121. The van der Waals surface area contributed by atoms with Crippen molar-refractivity contribution in [2.45, 2.75) is 25.9 Å². The largest absolute Gasteiger partial charge is 0.348 e. The molecular weight excluding hydrogens is 304 g/mol. The minimum absolute atomic E-state index is 0.00304. The summed E-state index contributed by atoms with van der Waals surface area (Å²) in [5.74, 6) is -0.00304. The predicted molar refractivity (Wildman–Crippen MR) is 88.7 cm³/mol. The predicted octanol–water partition coefficient (Wildman–Crippen LogP) is 3.93. The number of benzene rings is 1. The Balaban J connectivity index is 1.79. The molecule has 1 aromatic heterocycles. The summed E-state index contributed by atoms with van der Waals surface area (Å²) >= 11 is 7.51. The fourth-order valence-corrected chi connectivity index (χ4v) is 2.88. The number of hydrogen-bond acceptors (Lipinski definition) is 3. The van der Waals surface area contributed by atoms with Crippen LogP contribution in [0.3, 0.4) is 0 Å². The molecule has 3 nitrogen and oxygen atoms in total. The van der Waals surface area contributed by atoms with Crippen molar-refractivity contribution < 1.29 is 4.79 Å². The molecule has 0 radical (unpaired) electrons. The van der Waals surface area contributed by atoms with Crippen LogP contribution < -0.4 is 10.6 Å². The van der Waals surface area contributed by atoms with Crippen molar-refractivity contribution in [3.8, 4) is 0 Å².